The standard InChI is InChI=1S/C13H15ClFNO4S/c1-8-7-16(3-2-12(8)13(17)18)21(19,20)11-5-9(14)4-10(15)6-11/h4-6,8,12H,2-3,7H2,1H3,(H,17,18). The Morgan fingerprint density at radius 3 is 2.62 bits per heavy atom. The van der Waals surface area contributed by atoms with Crippen molar-refractivity contribution in [3.05, 3.63) is 29.0 Å². The zero-order valence-electron chi connectivity index (χ0n) is 11.3. The Bertz CT molecular complexity index is 644. The maximum Gasteiger partial charge on any atom is 0.306 e. The van der Waals surface area contributed by atoms with E-state index in [-0.39, 0.29) is 35.3 Å². The molecule has 1 N–H and O–H groups in total. The minimum Gasteiger partial charge on any atom is -0.481 e. The van der Waals surface area contributed by atoms with Crippen molar-refractivity contribution in [1.82, 2.24) is 4.31 Å². The fourth-order valence-corrected chi connectivity index (χ4v) is 4.42. The molecule has 8 heteroatoms. The summed E-state index contributed by atoms with van der Waals surface area (Å²) in [6.45, 7) is 1.88. The van der Waals surface area contributed by atoms with Gasteiger partial charge in [-0.05, 0) is 30.5 Å². The number of rotatable bonds is 3. The van der Waals surface area contributed by atoms with E-state index >= 15 is 0 Å². The van der Waals surface area contributed by atoms with Crippen LogP contribution in [0.1, 0.15) is 13.3 Å². The van der Waals surface area contributed by atoms with Crippen LogP contribution in [0.2, 0.25) is 5.02 Å². The Balaban J connectivity index is 2.27. The van der Waals surface area contributed by atoms with Crippen molar-refractivity contribution in [1.29, 1.82) is 0 Å². The lowest BCUT2D eigenvalue weighted by atomic mass is 9.88. The molecule has 1 heterocycles. The number of benzene rings is 1. The number of carboxylic acids is 1. The van der Waals surface area contributed by atoms with Crippen molar-refractivity contribution in [2.75, 3.05) is 13.1 Å². The summed E-state index contributed by atoms with van der Waals surface area (Å²) < 4.78 is 39.4. The molecule has 0 aliphatic carbocycles. The summed E-state index contributed by atoms with van der Waals surface area (Å²) in [4.78, 5) is 10.8. The van der Waals surface area contributed by atoms with Crippen molar-refractivity contribution >= 4 is 27.6 Å². The summed E-state index contributed by atoms with van der Waals surface area (Å²) in [5.41, 5.74) is 0. The van der Waals surface area contributed by atoms with E-state index < -0.39 is 27.7 Å². The predicted octanol–water partition coefficient (Wildman–Crippen LogP) is 2.21. The molecule has 21 heavy (non-hydrogen) atoms. The number of sulfonamides is 1. The quantitative estimate of drug-likeness (QED) is 0.919. The summed E-state index contributed by atoms with van der Waals surface area (Å²) in [5, 5.41) is 9.05. The summed E-state index contributed by atoms with van der Waals surface area (Å²) in [5.74, 6) is -2.52. The van der Waals surface area contributed by atoms with E-state index in [0.717, 1.165) is 12.1 Å². The monoisotopic (exact) mass is 335 g/mol. The number of piperidine rings is 1. The number of aliphatic carboxylic acids is 1. The van der Waals surface area contributed by atoms with Crippen LogP contribution in [0.25, 0.3) is 0 Å². The van der Waals surface area contributed by atoms with Gasteiger partial charge in [0.1, 0.15) is 5.82 Å². The normalized spacial score (nSPS) is 24.0. The Kier molecular flexibility index (Phi) is 4.55. The van der Waals surface area contributed by atoms with E-state index in [0.29, 0.717) is 0 Å². The third-order valence-corrected chi connectivity index (χ3v) is 5.72. The van der Waals surface area contributed by atoms with Gasteiger partial charge in [0.2, 0.25) is 10.0 Å². The lowest BCUT2D eigenvalue weighted by Crippen LogP contribution is -2.44. The van der Waals surface area contributed by atoms with Crippen molar-refractivity contribution in [2.24, 2.45) is 11.8 Å². The molecule has 0 radical (unpaired) electrons. The molecule has 0 aromatic heterocycles. The second-order valence-corrected chi connectivity index (χ2v) is 7.55. The van der Waals surface area contributed by atoms with Crippen molar-refractivity contribution in [3.63, 3.8) is 0 Å². The molecular weight excluding hydrogens is 321 g/mol. The van der Waals surface area contributed by atoms with Crippen molar-refractivity contribution in [3.8, 4) is 0 Å². The number of carboxylic acid groups (broad SMARTS) is 1. The van der Waals surface area contributed by atoms with Gasteiger partial charge in [-0.25, -0.2) is 12.8 Å². The summed E-state index contributed by atoms with van der Waals surface area (Å²) in [7, 11) is -3.87. The highest BCUT2D eigenvalue weighted by Crippen LogP contribution is 2.29. The van der Waals surface area contributed by atoms with Crippen molar-refractivity contribution < 1.29 is 22.7 Å². The molecule has 0 bridgehead atoms. The zero-order chi connectivity index (χ0) is 15.8. The van der Waals surface area contributed by atoms with Gasteiger partial charge in [0.15, 0.2) is 0 Å². The van der Waals surface area contributed by atoms with Crippen LogP contribution in [0.5, 0.6) is 0 Å². The minimum atomic E-state index is -3.87. The first-order valence-corrected chi connectivity index (χ1v) is 8.22. The van der Waals surface area contributed by atoms with Gasteiger partial charge in [0, 0.05) is 18.1 Å². The van der Waals surface area contributed by atoms with Crippen LogP contribution in [0.4, 0.5) is 4.39 Å². The highest BCUT2D eigenvalue weighted by atomic mass is 35.5. The summed E-state index contributed by atoms with van der Waals surface area (Å²) >= 11 is 5.69. The molecule has 0 saturated carbocycles. The Labute approximate surface area is 127 Å². The SMILES string of the molecule is CC1CN(S(=O)(=O)c2cc(F)cc(Cl)c2)CCC1C(=O)O. The molecule has 1 aliphatic heterocycles. The molecular formula is C13H15ClFNO4S. The molecule has 1 aromatic rings. The molecule has 1 fully saturated rings. The summed E-state index contributed by atoms with van der Waals surface area (Å²) in [6.07, 6.45) is 0.235. The van der Waals surface area contributed by atoms with Gasteiger partial charge >= 0.3 is 5.97 Å². The van der Waals surface area contributed by atoms with Crippen LogP contribution in [0.15, 0.2) is 23.1 Å². The number of halogens is 2. The molecule has 2 atom stereocenters. The van der Waals surface area contributed by atoms with Crippen LogP contribution < -0.4 is 0 Å². The van der Waals surface area contributed by atoms with Gasteiger partial charge in [0.25, 0.3) is 0 Å². The Hall–Kier alpha value is -1.18. The zero-order valence-corrected chi connectivity index (χ0v) is 12.9. The van der Waals surface area contributed by atoms with Crippen LogP contribution in [0, 0.1) is 17.7 Å². The van der Waals surface area contributed by atoms with Gasteiger partial charge in [-0.3, -0.25) is 4.79 Å². The third kappa shape index (κ3) is 3.36. The molecule has 2 unspecified atom stereocenters. The van der Waals surface area contributed by atoms with Crippen LogP contribution >= 0.6 is 11.6 Å². The first-order valence-electron chi connectivity index (χ1n) is 6.41. The number of hydrogen-bond acceptors (Lipinski definition) is 3. The first-order chi connectivity index (χ1) is 9.71. The molecule has 1 aromatic carbocycles. The highest BCUT2D eigenvalue weighted by Gasteiger charge is 2.36. The third-order valence-electron chi connectivity index (χ3n) is 3.66. The number of hydrogen-bond donors (Lipinski definition) is 1. The fourth-order valence-electron chi connectivity index (χ4n) is 2.52. The molecule has 5 nitrogen and oxygen atoms in total. The van der Waals surface area contributed by atoms with E-state index in [1.165, 1.54) is 10.4 Å². The predicted molar refractivity (Wildman–Crippen MR) is 75.1 cm³/mol. The van der Waals surface area contributed by atoms with Crippen LogP contribution in [-0.4, -0.2) is 36.9 Å². The van der Waals surface area contributed by atoms with E-state index in [1.54, 1.807) is 6.92 Å². The maximum atomic E-state index is 13.3. The van der Waals surface area contributed by atoms with Crippen molar-refractivity contribution in [2.45, 2.75) is 18.2 Å². The van der Waals surface area contributed by atoms with E-state index in [2.05, 4.69) is 0 Å². The maximum absolute atomic E-state index is 13.3. The van der Waals surface area contributed by atoms with Crippen LogP contribution in [0.3, 0.4) is 0 Å². The average molecular weight is 336 g/mol. The second-order valence-electron chi connectivity index (χ2n) is 5.18. The molecule has 0 spiro atoms. The van der Waals surface area contributed by atoms with Crippen LogP contribution in [-0.2, 0) is 14.8 Å². The fraction of sp³-hybridized carbons (Fsp3) is 0.462. The summed E-state index contributed by atoms with van der Waals surface area (Å²) in [6, 6.07) is 3.13. The lowest BCUT2D eigenvalue weighted by molar-refractivity contribution is -0.144. The highest BCUT2D eigenvalue weighted by molar-refractivity contribution is 7.89. The Morgan fingerprint density at radius 2 is 2.10 bits per heavy atom. The first kappa shape index (κ1) is 16.2. The van der Waals surface area contributed by atoms with Gasteiger partial charge in [-0.1, -0.05) is 18.5 Å². The van der Waals surface area contributed by atoms with Gasteiger partial charge in [-0.2, -0.15) is 4.31 Å². The second kappa shape index (κ2) is 5.90. The minimum absolute atomic E-state index is 0.00189. The van der Waals surface area contributed by atoms with E-state index in [1.807, 2.05) is 0 Å². The molecule has 116 valence electrons. The van der Waals surface area contributed by atoms with Gasteiger partial charge < -0.3 is 5.11 Å². The van der Waals surface area contributed by atoms with Gasteiger partial charge in [-0.15, -0.1) is 0 Å². The molecule has 1 aliphatic rings. The number of carbonyl (C=O) groups is 1. The van der Waals surface area contributed by atoms with Gasteiger partial charge in [0.05, 0.1) is 10.8 Å². The smallest absolute Gasteiger partial charge is 0.306 e. The molecule has 0 amide bonds. The average Bonchev–Trinajstić information content (AvgIpc) is 2.36. The lowest BCUT2D eigenvalue weighted by Gasteiger charge is -2.34. The van der Waals surface area contributed by atoms with E-state index in [9.17, 15) is 17.6 Å². The number of nitrogens with zero attached hydrogens (tertiary/aromatic N) is 1. The topological polar surface area (TPSA) is 74.7 Å². The largest absolute Gasteiger partial charge is 0.481 e. The van der Waals surface area contributed by atoms with E-state index in [4.69, 9.17) is 16.7 Å². The molecule has 1 saturated heterocycles. The Morgan fingerprint density at radius 1 is 1.43 bits per heavy atom. The molecule has 2 rings (SSSR count).